The van der Waals surface area contributed by atoms with Gasteiger partial charge in [0, 0.05) is 20.0 Å². The second-order valence-corrected chi connectivity index (χ2v) is 3.26. The molecule has 1 aliphatic rings. The third-order valence-corrected chi connectivity index (χ3v) is 2.21. The van der Waals surface area contributed by atoms with Gasteiger partial charge < -0.3 is 21.7 Å². The fourth-order valence-electron chi connectivity index (χ4n) is 1.59. The molecule has 0 saturated carbocycles. The lowest BCUT2D eigenvalue weighted by molar-refractivity contribution is -0.116. The molecule has 0 aromatic carbocycles. The standard InChI is InChI=1S/C8H12N6O/c1-4(15)14-3-2-11-7-5(14)6(9)12-8(10)13-7/h2-3H2,1H3,(H5,9,10,11,12,13). The first-order chi connectivity index (χ1) is 7.09. The number of hydrogen-bond acceptors (Lipinski definition) is 6. The van der Waals surface area contributed by atoms with Crippen molar-refractivity contribution in [1.82, 2.24) is 9.97 Å². The van der Waals surface area contributed by atoms with E-state index in [-0.39, 0.29) is 17.7 Å². The molecule has 0 saturated heterocycles. The van der Waals surface area contributed by atoms with Gasteiger partial charge in [-0.1, -0.05) is 0 Å². The Morgan fingerprint density at radius 3 is 2.87 bits per heavy atom. The number of carbonyl (C=O) groups is 1. The maximum atomic E-state index is 11.4. The van der Waals surface area contributed by atoms with E-state index in [4.69, 9.17) is 11.5 Å². The second kappa shape index (κ2) is 3.26. The van der Waals surface area contributed by atoms with Gasteiger partial charge in [0.1, 0.15) is 5.69 Å². The van der Waals surface area contributed by atoms with Gasteiger partial charge in [0.05, 0.1) is 0 Å². The lowest BCUT2D eigenvalue weighted by Crippen LogP contribution is -2.38. The minimum absolute atomic E-state index is 0.0854. The first-order valence-corrected chi connectivity index (χ1v) is 4.54. The summed E-state index contributed by atoms with van der Waals surface area (Å²) < 4.78 is 0. The summed E-state index contributed by atoms with van der Waals surface area (Å²) in [5.74, 6) is 0.753. The number of fused-ring (bicyclic) bond motifs is 1. The Labute approximate surface area is 86.5 Å². The molecular weight excluding hydrogens is 196 g/mol. The number of amides is 1. The normalized spacial score (nSPS) is 14.3. The minimum Gasteiger partial charge on any atom is -0.382 e. The number of aromatic nitrogens is 2. The molecule has 80 valence electrons. The molecule has 2 heterocycles. The van der Waals surface area contributed by atoms with E-state index >= 15 is 0 Å². The van der Waals surface area contributed by atoms with E-state index in [0.717, 1.165) is 0 Å². The highest BCUT2D eigenvalue weighted by Crippen LogP contribution is 2.32. The Bertz CT molecular complexity index is 418. The highest BCUT2D eigenvalue weighted by molar-refractivity contribution is 5.99. The fourth-order valence-corrected chi connectivity index (χ4v) is 1.59. The average Bonchev–Trinajstić information content (AvgIpc) is 2.16. The lowest BCUT2D eigenvalue weighted by atomic mass is 10.3. The van der Waals surface area contributed by atoms with Crippen molar-refractivity contribution in [2.45, 2.75) is 6.92 Å². The summed E-state index contributed by atoms with van der Waals surface area (Å²) in [6, 6.07) is 0. The van der Waals surface area contributed by atoms with Crippen LogP contribution in [0.3, 0.4) is 0 Å². The number of anilines is 4. The predicted molar refractivity (Wildman–Crippen MR) is 57.4 cm³/mol. The van der Waals surface area contributed by atoms with Crippen LogP contribution < -0.4 is 21.7 Å². The van der Waals surface area contributed by atoms with Gasteiger partial charge in [-0.15, -0.1) is 0 Å². The van der Waals surface area contributed by atoms with Crippen LogP contribution in [-0.4, -0.2) is 29.0 Å². The number of carbonyl (C=O) groups excluding carboxylic acids is 1. The van der Waals surface area contributed by atoms with Crippen LogP contribution in [-0.2, 0) is 4.79 Å². The summed E-state index contributed by atoms with van der Waals surface area (Å²) >= 11 is 0. The van der Waals surface area contributed by atoms with Crippen LogP contribution >= 0.6 is 0 Å². The van der Waals surface area contributed by atoms with E-state index in [9.17, 15) is 4.79 Å². The molecule has 15 heavy (non-hydrogen) atoms. The minimum atomic E-state index is -0.0854. The number of nitrogen functional groups attached to an aromatic ring is 2. The maximum absolute atomic E-state index is 11.4. The monoisotopic (exact) mass is 208 g/mol. The van der Waals surface area contributed by atoms with Gasteiger partial charge in [0.15, 0.2) is 11.6 Å². The van der Waals surface area contributed by atoms with Crippen molar-refractivity contribution >= 4 is 29.2 Å². The molecule has 0 atom stereocenters. The quantitative estimate of drug-likeness (QED) is 0.526. The highest BCUT2D eigenvalue weighted by atomic mass is 16.2. The molecule has 0 aliphatic carbocycles. The Balaban J connectivity index is 2.55. The zero-order chi connectivity index (χ0) is 11.0. The molecule has 1 amide bonds. The molecule has 7 heteroatoms. The van der Waals surface area contributed by atoms with Gasteiger partial charge in [-0.25, -0.2) is 0 Å². The molecule has 0 fully saturated rings. The van der Waals surface area contributed by atoms with Crippen molar-refractivity contribution in [2.75, 3.05) is 34.8 Å². The number of nitrogens with two attached hydrogens (primary N) is 2. The van der Waals surface area contributed by atoms with Crippen LogP contribution in [0, 0.1) is 0 Å². The SMILES string of the molecule is CC(=O)N1CCNc2nc(N)nc(N)c21. The first-order valence-electron chi connectivity index (χ1n) is 4.54. The van der Waals surface area contributed by atoms with Crippen LogP contribution in [0.5, 0.6) is 0 Å². The van der Waals surface area contributed by atoms with Crippen LogP contribution in [0.1, 0.15) is 6.92 Å². The van der Waals surface area contributed by atoms with Crippen molar-refractivity contribution in [3.8, 4) is 0 Å². The zero-order valence-electron chi connectivity index (χ0n) is 8.32. The summed E-state index contributed by atoms with van der Waals surface area (Å²) in [4.78, 5) is 20.7. The highest BCUT2D eigenvalue weighted by Gasteiger charge is 2.24. The summed E-state index contributed by atoms with van der Waals surface area (Å²) in [7, 11) is 0. The molecule has 0 unspecified atom stereocenters. The Morgan fingerprint density at radius 2 is 2.20 bits per heavy atom. The molecule has 0 spiro atoms. The van der Waals surface area contributed by atoms with Gasteiger partial charge in [-0.3, -0.25) is 4.79 Å². The van der Waals surface area contributed by atoms with Gasteiger partial charge >= 0.3 is 0 Å². The number of rotatable bonds is 0. The summed E-state index contributed by atoms with van der Waals surface area (Å²) in [5.41, 5.74) is 11.7. The van der Waals surface area contributed by atoms with Gasteiger partial charge in [-0.2, -0.15) is 9.97 Å². The average molecular weight is 208 g/mol. The zero-order valence-corrected chi connectivity index (χ0v) is 8.32. The first kappa shape index (κ1) is 9.50. The van der Waals surface area contributed by atoms with Crippen LogP contribution in [0.2, 0.25) is 0 Å². The third kappa shape index (κ3) is 1.51. The Hall–Kier alpha value is -2.05. The van der Waals surface area contributed by atoms with E-state index in [2.05, 4.69) is 15.3 Å². The van der Waals surface area contributed by atoms with Crippen molar-refractivity contribution in [2.24, 2.45) is 0 Å². The van der Waals surface area contributed by atoms with E-state index in [1.807, 2.05) is 0 Å². The topological polar surface area (TPSA) is 110 Å². The van der Waals surface area contributed by atoms with Gasteiger partial charge in [-0.05, 0) is 0 Å². The van der Waals surface area contributed by atoms with Crippen molar-refractivity contribution in [3.63, 3.8) is 0 Å². The van der Waals surface area contributed by atoms with E-state index < -0.39 is 0 Å². The summed E-state index contributed by atoms with van der Waals surface area (Å²) in [6.45, 7) is 2.66. The molecule has 5 N–H and O–H groups in total. The molecule has 1 aliphatic heterocycles. The molecule has 7 nitrogen and oxygen atoms in total. The number of nitrogens with zero attached hydrogens (tertiary/aromatic N) is 3. The number of nitrogens with one attached hydrogen (secondary N) is 1. The van der Waals surface area contributed by atoms with E-state index in [0.29, 0.717) is 24.6 Å². The summed E-state index contributed by atoms with van der Waals surface area (Å²) in [6.07, 6.45) is 0. The van der Waals surface area contributed by atoms with Crippen LogP contribution in [0.15, 0.2) is 0 Å². The molecule has 0 radical (unpaired) electrons. The van der Waals surface area contributed by atoms with Gasteiger partial charge in [0.2, 0.25) is 11.9 Å². The molecule has 1 aromatic heterocycles. The van der Waals surface area contributed by atoms with E-state index in [1.165, 1.54) is 6.92 Å². The molecule has 1 aromatic rings. The smallest absolute Gasteiger partial charge is 0.224 e. The molecule has 2 rings (SSSR count). The Morgan fingerprint density at radius 1 is 1.47 bits per heavy atom. The van der Waals surface area contributed by atoms with Crippen molar-refractivity contribution in [1.29, 1.82) is 0 Å². The third-order valence-electron chi connectivity index (χ3n) is 2.21. The Kier molecular flexibility index (Phi) is 2.07. The van der Waals surface area contributed by atoms with Crippen LogP contribution in [0.4, 0.5) is 23.3 Å². The maximum Gasteiger partial charge on any atom is 0.224 e. The van der Waals surface area contributed by atoms with Gasteiger partial charge in [0.25, 0.3) is 0 Å². The predicted octanol–water partition coefficient (Wildman–Crippen LogP) is -0.581. The van der Waals surface area contributed by atoms with E-state index in [1.54, 1.807) is 4.90 Å². The molecule has 0 bridgehead atoms. The lowest BCUT2D eigenvalue weighted by Gasteiger charge is -2.29. The van der Waals surface area contributed by atoms with Crippen molar-refractivity contribution in [3.05, 3.63) is 0 Å². The largest absolute Gasteiger partial charge is 0.382 e. The second-order valence-electron chi connectivity index (χ2n) is 3.26. The summed E-state index contributed by atoms with van der Waals surface area (Å²) in [5, 5.41) is 3.02. The fraction of sp³-hybridized carbons (Fsp3) is 0.375. The molecular formula is C8H12N6O. The number of hydrogen-bond donors (Lipinski definition) is 3. The van der Waals surface area contributed by atoms with Crippen molar-refractivity contribution < 1.29 is 4.79 Å². The van der Waals surface area contributed by atoms with Crippen LogP contribution in [0.25, 0.3) is 0 Å².